The molecular weight excluding hydrogens is 186 g/mol. The summed E-state index contributed by atoms with van der Waals surface area (Å²) in [6.07, 6.45) is -1.66. The molecule has 0 aromatic heterocycles. The van der Waals surface area contributed by atoms with Crippen molar-refractivity contribution in [1.29, 1.82) is 0 Å². The lowest BCUT2D eigenvalue weighted by Crippen LogP contribution is -1.95. The Hall–Kier alpha value is -0.610. The summed E-state index contributed by atoms with van der Waals surface area (Å²) in [4.78, 5) is 25.6. The zero-order valence-corrected chi connectivity index (χ0v) is 6.12. The van der Waals surface area contributed by atoms with Gasteiger partial charge in [0.2, 0.25) is 0 Å². The summed E-state index contributed by atoms with van der Waals surface area (Å²) in [6, 6.07) is 0. The topological polar surface area (TPSA) is 110 Å². The van der Waals surface area contributed by atoms with E-state index in [1.807, 2.05) is 0 Å². The first-order valence-corrected chi connectivity index (χ1v) is 4.00. The van der Waals surface area contributed by atoms with Crippen molar-refractivity contribution < 1.29 is 32.8 Å². The Morgan fingerprint density at radius 3 is 1.60 bits per heavy atom. The summed E-state index contributed by atoms with van der Waals surface area (Å²) in [5, 5.41) is 0. The number of rotatable bonds is 2. The van der Waals surface area contributed by atoms with Crippen molar-refractivity contribution in [3.8, 4) is 0 Å². The van der Waals surface area contributed by atoms with Gasteiger partial charge in [-0.15, -0.1) is 18.8 Å². The Kier molecular flexibility index (Phi) is 3.99. The molecule has 7 nitrogen and oxygen atoms in total. The highest BCUT2D eigenvalue weighted by Gasteiger charge is 2.30. The van der Waals surface area contributed by atoms with E-state index >= 15 is 0 Å². The lowest BCUT2D eigenvalue weighted by molar-refractivity contribution is 0.148. The Balaban J connectivity index is 3.65. The van der Waals surface area contributed by atoms with Gasteiger partial charge in [0.15, 0.2) is 0 Å². The first-order valence-electron chi connectivity index (χ1n) is 1.74. The Bertz CT molecular complexity index is 154. The van der Waals surface area contributed by atoms with Crippen LogP contribution in [0, 0.1) is 0 Å². The van der Waals surface area contributed by atoms with Crippen LogP contribution in [0.5, 0.6) is 0 Å². The van der Waals surface area contributed by atoms with Gasteiger partial charge in [-0.25, -0.2) is 0 Å². The quantitative estimate of drug-likeness (QED) is 0.604. The smallest absolute Gasteiger partial charge is 0.196 e. The lowest BCUT2D eigenvalue weighted by Gasteiger charge is -1.75. The van der Waals surface area contributed by atoms with E-state index in [4.69, 9.17) is 9.79 Å². The minimum Gasteiger partial charge on any atom is -0.196 e. The van der Waals surface area contributed by atoms with E-state index in [1.54, 1.807) is 0 Å². The van der Waals surface area contributed by atoms with Gasteiger partial charge in [0.25, 0.3) is 0 Å². The van der Waals surface area contributed by atoms with Crippen molar-refractivity contribution in [1.82, 2.24) is 0 Å². The summed E-state index contributed by atoms with van der Waals surface area (Å²) >= 11 is 0. The zero-order valence-electron chi connectivity index (χ0n) is 4.33. The van der Waals surface area contributed by atoms with Crippen molar-refractivity contribution in [2.45, 2.75) is 0 Å². The molecule has 0 aliphatic heterocycles. The summed E-state index contributed by atoms with van der Waals surface area (Å²) in [5.41, 5.74) is 0. The molecule has 0 spiro atoms. The Labute approximate surface area is 56.5 Å². The summed E-state index contributed by atoms with van der Waals surface area (Å²) < 4.78 is 26.1. The van der Waals surface area contributed by atoms with Gasteiger partial charge in [-0.05, 0) is 0 Å². The lowest BCUT2D eigenvalue weighted by atomic mass is 11.5. The van der Waals surface area contributed by atoms with Crippen LogP contribution in [0.25, 0.3) is 0 Å². The molecule has 0 aromatic rings. The first-order chi connectivity index (χ1) is 4.52. The van der Waals surface area contributed by atoms with Crippen molar-refractivity contribution in [2.24, 2.45) is 0 Å². The fourth-order valence-corrected chi connectivity index (χ4v) is 0.533. The van der Waals surface area contributed by atoms with E-state index in [1.165, 1.54) is 0 Å². The fourth-order valence-electron chi connectivity index (χ4n) is 0.144. The molecule has 0 saturated carbocycles. The highest BCUT2D eigenvalue weighted by Crippen LogP contribution is 2.21. The number of carbonyl (C=O) groups is 1. The van der Waals surface area contributed by atoms with Crippen LogP contribution in [-0.2, 0) is 18.2 Å². The van der Waals surface area contributed by atoms with Gasteiger partial charge in [-0.1, -0.05) is 0 Å². The second kappa shape index (κ2) is 4.24. The molecular formula is CH2O7P2+2. The van der Waals surface area contributed by atoms with Gasteiger partial charge in [-0.2, -0.15) is 4.79 Å². The van der Waals surface area contributed by atoms with Crippen molar-refractivity contribution >= 4 is 22.7 Å². The summed E-state index contributed by atoms with van der Waals surface area (Å²) in [6.45, 7) is 0. The van der Waals surface area contributed by atoms with Gasteiger partial charge in [0, 0.05) is 9.13 Å². The normalized spacial score (nSPS) is 11.8. The molecule has 0 aromatic carbocycles. The highest BCUT2D eigenvalue weighted by molar-refractivity contribution is 7.34. The SMILES string of the molecule is O=C(O[P+](=O)O)O[P+](=O)O. The van der Waals surface area contributed by atoms with E-state index in [0.717, 1.165) is 0 Å². The first kappa shape index (κ1) is 9.39. The predicted octanol–water partition coefficient (Wildman–Crippen LogP) is 0.439. The molecule has 2 N–H and O–H groups in total. The average molecular weight is 188 g/mol. The third-order valence-electron chi connectivity index (χ3n) is 0.305. The monoisotopic (exact) mass is 188 g/mol. The number of hydrogen-bond donors (Lipinski definition) is 2. The van der Waals surface area contributed by atoms with Gasteiger partial charge >= 0.3 is 22.7 Å². The van der Waals surface area contributed by atoms with Gasteiger partial charge < -0.3 is 0 Å². The second-order valence-corrected chi connectivity index (χ2v) is 2.22. The standard InChI is InChI=1S/CO7P2/c2-1(7-9(3)4)8-10(5)6/p+2. The zero-order chi connectivity index (χ0) is 8.15. The van der Waals surface area contributed by atoms with E-state index in [2.05, 4.69) is 9.05 Å². The van der Waals surface area contributed by atoms with Crippen molar-refractivity contribution in [3.05, 3.63) is 0 Å². The minimum atomic E-state index is -3.13. The van der Waals surface area contributed by atoms with Crippen LogP contribution in [0.1, 0.15) is 0 Å². The predicted molar refractivity (Wildman–Crippen MR) is 27.2 cm³/mol. The van der Waals surface area contributed by atoms with Crippen molar-refractivity contribution in [3.63, 3.8) is 0 Å². The van der Waals surface area contributed by atoms with Gasteiger partial charge in [0.1, 0.15) is 0 Å². The molecule has 0 aliphatic rings. The third-order valence-corrected chi connectivity index (χ3v) is 0.916. The van der Waals surface area contributed by atoms with Crippen LogP contribution in [0.3, 0.4) is 0 Å². The molecule has 0 bridgehead atoms. The third kappa shape index (κ3) is 5.53. The average Bonchev–Trinajstić information content (AvgIpc) is 1.58. The molecule has 9 heteroatoms. The molecule has 56 valence electrons. The van der Waals surface area contributed by atoms with E-state index in [-0.39, 0.29) is 0 Å². The van der Waals surface area contributed by atoms with E-state index < -0.39 is 22.7 Å². The second-order valence-electron chi connectivity index (χ2n) is 0.908. The van der Waals surface area contributed by atoms with Gasteiger partial charge in [-0.3, -0.25) is 0 Å². The molecule has 0 heterocycles. The molecule has 0 fully saturated rings. The maximum atomic E-state index is 9.93. The molecule has 0 aliphatic carbocycles. The molecule has 0 rings (SSSR count). The van der Waals surface area contributed by atoms with E-state index in [9.17, 15) is 13.9 Å². The van der Waals surface area contributed by atoms with Crippen LogP contribution < -0.4 is 0 Å². The van der Waals surface area contributed by atoms with Crippen LogP contribution in [0.15, 0.2) is 0 Å². The molecule has 2 atom stereocenters. The molecule has 2 unspecified atom stereocenters. The van der Waals surface area contributed by atoms with Crippen LogP contribution in [0.2, 0.25) is 0 Å². The maximum absolute atomic E-state index is 9.93. The van der Waals surface area contributed by atoms with Crippen LogP contribution >= 0.6 is 16.5 Å². The number of carbonyl (C=O) groups excluding carboxylic acids is 1. The molecule has 0 radical (unpaired) electrons. The largest absolute Gasteiger partial charge is 0.754 e. The highest BCUT2D eigenvalue weighted by atomic mass is 31.1. The van der Waals surface area contributed by atoms with Crippen LogP contribution in [0.4, 0.5) is 4.79 Å². The minimum absolute atomic E-state index is 1.66. The summed E-state index contributed by atoms with van der Waals surface area (Å²) in [7, 11) is -6.27. The molecule has 10 heavy (non-hydrogen) atoms. The Morgan fingerprint density at radius 2 is 1.40 bits per heavy atom. The summed E-state index contributed by atoms with van der Waals surface area (Å²) in [5.74, 6) is 0. The van der Waals surface area contributed by atoms with Gasteiger partial charge in [0.05, 0.1) is 0 Å². The van der Waals surface area contributed by atoms with Crippen LogP contribution in [-0.4, -0.2) is 15.9 Å². The van der Waals surface area contributed by atoms with E-state index in [0.29, 0.717) is 0 Å². The fraction of sp³-hybridized carbons (Fsp3) is 0. The number of hydrogen-bond acceptors (Lipinski definition) is 5. The van der Waals surface area contributed by atoms with Crippen molar-refractivity contribution in [2.75, 3.05) is 0 Å². The molecule has 0 saturated heterocycles. The maximum Gasteiger partial charge on any atom is 0.754 e. The molecule has 0 amide bonds. The Morgan fingerprint density at radius 1 is 1.10 bits per heavy atom.